The monoisotopic (exact) mass is 311 g/mol. The van der Waals surface area contributed by atoms with Crippen LogP contribution in [-0.4, -0.2) is 28.5 Å². The second kappa shape index (κ2) is 8.82. The highest BCUT2D eigenvalue weighted by Crippen LogP contribution is 2.15. The van der Waals surface area contributed by atoms with Crippen LogP contribution in [0.15, 0.2) is 24.3 Å². The van der Waals surface area contributed by atoms with E-state index >= 15 is 0 Å². The van der Waals surface area contributed by atoms with E-state index in [0.717, 1.165) is 24.2 Å². The first-order chi connectivity index (χ1) is 9.97. The van der Waals surface area contributed by atoms with Gasteiger partial charge in [0.05, 0.1) is 7.11 Å². The number of hydrogen-bond donors (Lipinski definition) is 1. The molecular formula is C16H25NO3S. The Hall–Kier alpha value is -1.36. The lowest BCUT2D eigenvalue weighted by Gasteiger charge is -2.17. The van der Waals surface area contributed by atoms with Gasteiger partial charge in [-0.25, -0.2) is 0 Å². The zero-order chi connectivity index (χ0) is 15.8. The zero-order valence-corrected chi connectivity index (χ0v) is 14.0. The van der Waals surface area contributed by atoms with Crippen molar-refractivity contribution in [2.45, 2.75) is 50.7 Å². The Bertz CT molecular complexity index is 490. The van der Waals surface area contributed by atoms with Gasteiger partial charge in [-0.3, -0.25) is 9.00 Å². The topological polar surface area (TPSA) is 55.4 Å². The fourth-order valence-electron chi connectivity index (χ4n) is 2.04. The summed E-state index contributed by atoms with van der Waals surface area (Å²) in [7, 11) is 0.354. The van der Waals surface area contributed by atoms with Crippen molar-refractivity contribution in [2.24, 2.45) is 0 Å². The maximum absolute atomic E-state index is 12.3. The van der Waals surface area contributed by atoms with Crippen LogP contribution < -0.4 is 10.1 Å². The van der Waals surface area contributed by atoms with Crippen molar-refractivity contribution < 1.29 is 13.7 Å². The summed E-state index contributed by atoms with van der Waals surface area (Å²) in [5.41, 5.74) is 0.911. The molecule has 118 valence electrons. The third kappa shape index (κ3) is 5.87. The molecule has 0 saturated carbocycles. The molecule has 1 N–H and O–H groups in total. The molecule has 1 rings (SSSR count). The highest BCUT2D eigenvalue weighted by Gasteiger charge is 2.21. The number of ether oxygens (including phenoxy) is 1. The molecule has 3 atom stereocenters. The van der Waals surface area contributed by atoms with Gasteiger partial charge >= 0.3 is 0 Å². The third-order valence-corrected chi connectivity index (χ3v) is 4.94. The maximum Gasteiger partial charge on any atom is 0.235 e. The van der Waals surface area contributed by atoms with E-state index in [1.54, 1.807) is 14.0 Å². The lowest BCUT2D eigenvalue weighted by atomic mass is 10.2. The Morgan fingerprint density at radius 3 is 2.71 bits per heavy atom. The van der Waals surface area contributed by atoms with Gasteiger partial charge in [-0.2, -0.15) is 0 Å². The van der Waals surface area contributed by atoms with Crippen molar-refractivity contribution in [3.8, 4) is 5.75 Å². The first kappa shape index (κ1) is 17.7. The minimum atomic E-state index is -1.24. The average molecular weight is 311 g/mol. The van der Waals surface area contributed by atoms with Crippen molar-refractivity contribution in [3.63, 3.8) is 0 Å². The van der Waals surface area contributed by atoms with Crippen LogP contribution >= 0.6 is 0 Å². The van der Waals surface area contributed by atoms with Crippen molar-refractivity contribution in [1.29, 1.82) is 0 Å². The molecule has 0 aromatic heterocycles. The number of carbonyl (C=O) groups excluding carboxylic acids is 1. The maximum atomic E-state index is 12.3. The first-order valence-electron chi connectivity index (χ1n) is 7.28. The molecular weight excluding hydrogens is 286 g/mol. The van der Waals surface area contributed by atoms with E-state index in [-0.39, 0.29) is 11.9 Å². The van der Waals surface area contributed by atoms with Crippen LogP contribution in [-0.2, 0) is 21.3 Å². The molecule has 21 heavy (non-hydrogen) atoms. The molecule has 1 aromatic rings. The van der Waals surface area contributed by atoms with Gasteiger partial charge in [0.15, 0.2) is 0 Å². The number of hydrogen-bond acceptors (Lipinski definition) is 3. The minimum absolute atomic E-state index is 0.124. The van der Waals surface area contributed by atoms with Gasteiger partial charge in [0.2, 0.25) is 5.91 Å². The Kier molecular flexibility index (Phi) is 7.43. The molecule has 1 aromatic carbocycles. The van der Waals surface area contributed by atoms with Crippen LogP contribution in [0, 0.1) is 0 Å². The predicted molar refractivity (Wildman–Crippen MR) is 86.8 cm³/mol. The Balaban J connectivity index is 2.59. The van der Waals surface area contributed by atoms with E-state index in [1.807, 2.05) is 31.2 Å². The van der Waals surface area contributed by atoms with Gasteiger partial charge < -0.3 is 10.1 Å². The summed E-state index contributed by atoms with van der Waals surface area (Å²) >= 11 is 0. The lowest BCUT2D eigenvalue weighted by Crippen LogP contribution is -2.40. The van der Waals surface area contributed by atoms with Crippen molar-refractivity contribution in [2.75, 3.05) is 7.11 Å². The molecule has 0 bridgehead atoms. The molecule has 1 amide bonds. The molecule has 4 nitrogen and oxygen atoms in total. The Morgan fingerprint density at radius 2 is 2.10 bits per heavy atom. The van der Waals surface area contributed by atoms with Crippen LogP contribution in [0.2, 0.25) is 0 Å². The number of amides is 1. The van der Waals surface area contributed by atoms with E-state index in [1.165, 1.54) is 0 Å². The Labute approximate surface area is 129 Å². The summed E-state index contributed by atoms with van der Waals surface area (Å²) in [6.45, 7) is 5.76. The first-order valence-corrected chi connectivity index (χ1v) is 8.66. The second-order valence-corrected chi connectivity index (χ2v) is 6.97. The van der Waals surface area contributed by atoms with Crippen molar-refractivity contribution in [3.05, 3.63) is 29.8 Å². The fourth-order valence-corrected chi connectivity index (χ4v) is 3.10. The van der Waals surface area contributed by atoms with Gasteiger partial charge in [0.1, 0.15) is 11.0 Å². The molecule has 0 saturated heterocycles. The van der Waals surface area contributed by atoms with Crippen LogP contribution in [0.4, 0.5) is 0 Å². The summed E-state index contributed by atoms with van der Waals surface area (Å²) < 4.78 is 17.4. The normalized spacial score (nSPS) is 15.0. The number of carbonyl (C=O) groups is 1. The van der Waals surface area contributed by atoms with E-state index in [2.05, 4.69) is 12.2 Å². The van der Waals surface area contributed by atoms with E-state index in [9.17, 15) is 9.00 Å². The molecule has 0 aliphatic carbocycles. The molecule has 0 heterocycles. The number of nitrogens with one attached hydrogen (secondary N) is 1. The smallest absolute Gasteiger partial charge is 0.235 e. The lowest BCUT2D eigenvalue weighted by molar-refractivity contribution is -0.121. The molecule has 0 unspecified atom stereocenters. The number of methoxy groups -OCH3 is 1. The van der Waals surface area contributed by atoms with Gasteiger partial charge in [0.25, 0.3) is 0 Å². The summed E-state index contributed by atoms with van der Waals surface area (Å²) in [6, 6.07) is 7.57. The summed E-state index contributed by atoms with van der Waals surface area (Å²) in [5.74, 6) is 0.948. The van der Waals surface area contributed by atoms with Gasteiger partial charge in [-0.05, 0) is 38.0 Å². The molecule has 0 aliphatic heterocycles. The number of benzene rings is 1. The fraction of sp³-hybridized carbons (Fsp3) is 0.562. The predicted octanol–water partition coefficient (Wildman–Crippen LogP) is 2.64. The molecule has 5 heteroatoms. The molecule has 0 spiro atoms. The highest BCUT2D eigenvalue weighted by atomic mass is 32.2. The number of rotatable bonds is 8. The van der Waals surface area contributed by atoms with Gasteiger partial charge in [-0.1, -0.05) is 25.5 Å². The second-order valence-electron chi connectivity index (χ2n) is 5.22. The molecule has 0 radical (unpaired) electrons. The standard InChI is InChI=1S/C16H25NO3S/c1-5-7-12(2)17-16(18)13(3)21(19)11-14-8-6-9-15(10-14)20-4/h6,8-10,12-13H,5,7,11H2,1-4H3,(H,17,18)/t12-,13+,21-/m0/s1. The van der Waals surface area contributed by atoms with Crippen LogP contribution in [0.1, 0.15) is 39.2 Å². The van der Waals surface area contributed by atoms with E-state index in [4.69, 9.17) is 4.74 Å². The highest BCUT2D eigenvalue weighted by molar-refractivity contribution is 7.85. The van der Waals surface area contributed by atoms with Crippen molar-refractivity contribution in [1.82, 2.24) is 5.32 Å². The van der Waals surface area contributed by atoms with Crippen LogP contribution in [0.25, 0.3) is 0 Å². The summed E-state index contributed by atoms with van der Waals surface area (Å²) in [5, 5.41) is 2.40. The zero-order valence-electron chi connectivity index (χ0n) is 13.2. The Morgan fingerprint density at radius 1 is 1.38 bits per heavy atom. The molecule has 0 fully saturated rings. The molecule has 0 aliphatic rings. The largest absolute Gasteiger partial charge is 0.497 e. The SMILES string of the molecule is CCC[C@H](C)NC(=O)[C@@H](C)[S@@](=O)Cc1cccc(OC)c1. The minimum Gasteiger partial charge on any atom is -0.497 e. The van der Waals surface area contributed by atoms with Crippen LogP contribution in [0.3, 0.4) is 0 Å². The van der Waals surface area contributed by atoms with Crippen molar-refractivity contribution >= 4 is 16.7 Å². The van der Waals surface area contributed by atoms with E-state index in [0.29, 0.717) is 5.75 Å². The summed E-state index contributed by atoms with van der Waals surface area (Å²) in [6.07, 6.45) is 1.95. The average Bonchev–Trinajstić information content (AvgIpc) is 2.46. The van der Waals surface area contributed by atoms with E-state index < -0.39 is 16.0 Å². The quantitative estimate of drug-likeness (QED) is 0.803. The third-order valence-electron chi connectivity index (χ3n) is 3.32. The van der Waals surface area contributed by atoms with Crippen LogP contribution in [0.5, 0.6) is 5.75 Å². The van der Waals surface area contributed by atoms with Gasteiger partial charge in [0, 0.05) is 22.6 Å². The summed E-state index contributed by atoms with van der Waals surface area (Å²) in [4.78, 5) is 12.1. The van der Waals surface area contributed by atoms with Gasteiger partial charge in [-0.15, -0.1) is 0 Å².